The zero-order chi connectivity index (χ0) is 33.8. The first-order chi connectivity index (χ1) is 24.7. The van der Waals surface area contributed by atoms with Crippen LogP contribution in [0, 0.1) is 24.5 Å². The largest absolute Gasteiger partial charge is 0.310 e. The zero-order valence-electron chi connectivity index (χ0n) is 26.7. The van der Waals surface area contributed by atoms with E-state index in [0.29, 0.717) is 16.9 Å². The van der Waals surface area contributed by atoms with Gasteiger partial charge in [0.05, 0.1) is 47.0 Å². The van der Waals surface area contributed by atoms with Gasteiger partial charge in [-0.05, 0) is 76.7 Å². The average molecular weight is 636 g/mol. The Morgan fingerprint density at radius 2 is 1.06 bits per heavy atom. The molecule has 0 spiro atoms. The number of nitrogens with zero attached hydrogens (tertiary/aromatic N) is 5. The topological polar surface area (TPSA) is 42.4 Å². The van der Waals surface area contributed by atoms with E-state index < -0.39 is 0 Å². The highest BCUT2D eigenvalue weighted by molar-refractivity contribution is 6.16. The Bertz CT molecular complexity index is 2920. The second-order valence-corrected chi connectivity index (χ2v) is 12.2. The molecule has 2 aromatic heterocycles. The zero-order valence-corrected chi connectivity index (χ0v) is 26.7. The normalized spacial score (nSPS) is 11.1. The summed E-state index contributed by atoms with van der Waals surface area (Å²) in [4.78, 5) is 7.85. The summed E-state index contributed by atoms with van der Waals surface area (Å²) in [6.45, 7) is 16.1. The van der Waals surface area contributed by atoms with Crippen molar-refractivity contribution in [1.29, 1.82) is 5.26 Å². The van der Waals surface area contributed by atoms with Crippen LogP contribution in [0.5, 0.6) is 0 Å². The van der Waals surface area contributed by atoms with Crippen LogP contribution < -0.4 is 0 Å². The van der Waals surface area contributed by atoms with Gasteiger partial charge in [-0.1, -0.05) is 97.1 Å². The van der Waals surface area contributed by atoms with Crippen LogP contribution in [0.2, 0.25) is 0 Å². The van der Waals surface area contributed by atoms with E-state index in [-0.39, 0.29) is 0 Å². The van der Waals surface area contributed by atoms with Gasteiger partial charge < -0.3 is 9.13 Å². The highest BCUT2D eigenvalue weighted by Gasteiger charge is 2.21. The molecule has 7 aromatic carbocycles. The molecule has 0 aliphatic heterocycles. The van der Waals surface area contributed by atoms with Gasteiger partial charge in [-0.3, -0.25) is 0 Å². The van der Waals surface area contributed by atoms with Gasteiger partial charge in [-0.15, -0.1) is 0 Å². The molecule has 2 heterocycles. The summed E-state index contributed by atoms with van der Waals surface area (Å²) in [5.41, 5.74) is 11.4. The SMILES string of the molecule is [C-]#[N+]c1ccc(-n2c3ccccc3c3ccccc32)cc1-c1ccccc1-c1ccccc1-n1c2ccc(C#N)cc2c2c([N+]#[C-])cccc21. The summed E-state index contributed by atoms with van der Waals surface area (Å²) in [6.07, 6.45) is 0. The van der Waals surface area contributed by atoms with Crippen LogP contribution in [-0.2, 0) is 0 Å². The van der Waals surface area contributed by atoms with Crippen molar-refractivity contribution in [2.75, 3.05) is 0 Å². The molecule has 0 saturated heterocycles. The fourth-order valence-corrected chi connectivity index (χ4v) is 7.50. The van der Waals surface area contributed by atoms with Crippen molar-refractivity contribution in [2.45, 2.75) is 0 Å². The van der Waals surface area contributed by atoms with E-state index in [1.165, 1.54) is 10.8 Å². The molecular formula is C45H25N5. The first kappa shape index (κ1) is 28.8. The van der Waals surface area contributed by atoms with Crippen molar-refractivity contribution in [2.24, 2.45) is 0 Å². The Morgan fingerprint density at radius 3 is 1.76 bits per heavy atom. The summed E-state index contributed by atoms with van der Waals surface area (Å²) >= 11 is 0. The van der Waals surface area contributed by atoms with Gasteiger partial charge in [0.2, 0.25) is 0 Å². The quantitative estimate of drug-likeness (QED) is 0.177. The molecule has 0 unspecified atom stereocenters. The van der Waals surface area contributed by atoms with Crippen LogP contribution in [0.25, 0.3) is 86.9 Å². The van der Waals surface area contributed by atoms with Crippen molar-refractivity contribution < 1.29 is 0 Å². The van der Waals surface area contributed by atoms with E-state index >= 15 is 0 Å². The smallest absolute Gasteiger partial charge is 0.197 e. The number of para-hydroxylation sites is 3. The molecule has 0 atom stereocenters. The number of nitriles is 1. The number of benzene rings is 7. The molecule has 5 heteroatoms. The minimum atomic E-state index is 0.544. The molecule has 0 N–H and O–H groups in total. The van der Waals surface area contributed by atoms with E-state index in [1.807, 2.05) is 72.8 Å². The maximum absolute atomic E-state index is 9.74. The molecule has 0 saturated carbocycles. The van der Waals surface area contributed by atoms with E-state index in [4.69, 9.17) is 13.1 Å². The molecule has 0 radical (unpaired) electrons. The van der Waals surface area contributed by atoms with Crippen LogP contribution in [0.3, 0.4) is 0 Å². The highest BCUT2D eigenvalue weighted by Crippen LogP contribution is 2.44. The summed E-state index contributed by atoms with van der Waals surface area (Å²) < 4.78 is 4.47. The fourth-order valence-electron chi connectivity index (χ4n) is 7.50. The number of hydrogen-bond acceptors (Lipinski definition) is 1. The average Bonchev–Trinajstić information content (AvgIpc) is 3.70. The minimum absolute atomic E-state index is 0.544. The lowest BCUT2D eigenvalue weighted by molar-refractivity contribution is 1.18. The minimum Gasteiger partial charge on any atom is -0.310 e. The third-order valence-electron chi connectivity index (χ3n) is 9.61. The maximum atomic E-state index is 9.74. The number of aromatic nitrogens is 2. The van der Waals surface area contributed by atoms with E-state index in [1.54, 1.807) is 0 Å². The standard InChI is InChI=1S/C45H25N5/c1-47-38-24-23-30(49-40-18-8-6-15-34(40)35-16-7-9-19-41(35)49)27-36(38)32-13-4-3-12-31(32)33-14-5-10-20-42(33)50-43-25-22-29(28-46)26-37(43)45-39(48-2)17-11-21-44(45)50/h3-27H. The second-order valence-electron chi connectivity index (χ2n) is 12.2. The van der Waals surface area contributed by atoms with E-state index in [0.717, 1.165) is 66.5 Å². The summed E-state index contributed by atoms with van der Waals surface area (Å²) in [6, 6.07) is 53.2. The molecule has 0 aliphatic carbocycles. The van der Waals surface area contributed by atoms with Crippen LogP contribution in [0.15, 0.2) is 152 Å². The molecular weight excluding hydrogens is 611 g/mol. The Morgan fingerprint density at radius 1 is 0.460 bits per heavy atom. The lowest BCUT2D eigenvalue weighted by Gasteiger charge is -2.18. The molecule has 50 heavy (non-hydrogen) atoms. The van der Waals surface area contributed by atoms with Gasteiger partial charge >= 0.3 is 0 Å². The molecule has 230 valence electrons. The molecule has 0 bridgehead atoms. The molecule has 0 amide bonds. The summed E-state index contributed by atoms with van der Waals surface area (Å²) in [7, 11) is 0. The number of fused-ring (bicyclic) bond motifs is 6. The predicted octanol–water partition coefficient (Wildman–Crippen LogP) is 12.2. The molecule has 0 fully saturated rings. The Balaban J connectivity index is 1.31. The maximum Gasteiger partial charge on any atom is 0.197 e. The first-order valence-electron chi connectivity index (χ1n) is 16.2. The number of hydrogen-bond donors (Lipinski definition) is 0. The molecule has 9 aromatic rings. The Hall–Kier alpha value is -7.39. The third kappa shape index (κ3) is 4.24. The molecule has 0 aliphatic rings. The highest BCUT2D eigenvalue weighted by atomic mass is 15.0. The third-order valence-corrected chi connectivity index (χ3v) is 9.61. The molecule has 5 nitrogen and oxygen atoms in total. The number of rotatable bonds is 4. The molecule has 9 rings (SSSR count). The summed E-state index contributed by atoms with van der Waals surface area (Å²) in [5.74, 6) is 0. The van der Waals surface area contributed by atoms with E-state index in [9.17, 15) is 5.26 Å². The van der Waals surface area contributed by atoms with Crippen molar-refractivity contribution in [3.8, 4) is 39.7 Å². The van der Waals surface area contributed by atoms with Crippen molar-refractivity contribution in [3.05, 3.63) is 180 Å². The van der Waals surface area contributed by atoms with Crippen LogP contribution in [-0.4, -0.2) is 9.13 Å². The lowest BCUT2D eigenvalue weighted by atomic mass is 9.92. The second kappa shape index (κ2) is 11.4. The Labute approximate surface area is 288 Å². The van der Waals surface area contributed by atoms with Gasteiger partial charge in [0.15, 0.2) is 11.4 Å². The lowest BCUT2D eigenvalue weighted by Crippen LogP contribution is -1.98. The van der Waals surface area contributed by atoms with Crippen molar-refractivity contribution in [1.82, 2.24) is 9.13 Å². The Kier molecular flexibility index (Phi) is 6.56. The monoisotopic (exact) mass is 635 g/mol. The van der Waals surface area contributed by atoms with Crippen LogP contribution in [0.4, 0.5) is 11.4 Å². The summed E-state index contributed by atoms with van der Waals surface area (Å²) in [5, 5.41) is 13.8. The van der Waals surface area contributed by atoms with Gasteiger partial charge in [0.25, 0.3) is 0 Å². The predicted molar refractivity (Wildman–Crippen MR) is 203 cm³/mol. The van der Waals surface area contributed by atoms with Gasteiger partial charge in [-0.25, -0.2) is 9.69 Å². The fraction of sp³-hybridized carbons (Fsp3) is 0. The van der Waals surface area contributed by atoms with E-state index in [2.05, 4.69) is 104 Å². The van der Waals surface area contributed by atoms with Gasteiger partial charge in [-0.2, -0.15) is 5.26 Å². The van der Waals surface area contributed by atoms with Crippen LogP contribution in [0.1, 0.15) is 5.56 Å². The van der Waals surface area contributed by atoms with Crippen LogP contribution >= 0.6 is 0 Å². The van der Waals surface area contributed by atoms with Gasteiger partial charge in [0.1, 0.15) is 0 Å². The first-order valence-corrected chi connectivity index (χ1v) is 16.2. The van der Waals surface area contributed by atoms with Crippen molar-refractivity contribution in [3.63, 3.8) is 0 Å². The van der Waals surface area contributed by atoms with Crippen molar-refractivity contribution >= 4 is 55.0 Å². The van der Waals surface area contributed by atoms with Gasteiger partial charge in [0, 0.05) is 32.9 Å².